The van der Waals surface area contributed by atoms with Crippen molar-refractivity contribution in [2.75, 3.05) is 19.6 Å². The minimum atomic E-state index is -1.10. The van der Waals surface area contributed by atoms with Crippen LogP contribution in [0.2, 0.25) is 0 Å². The van der Waals surface area contributed by atoms with Crippen molar-refractivity contribution in [2.24, 2.45) is 60.0 Å². The summed E-state index contributed by atoms with van der Waals surface area (Å²) in [6, 6.07) is -4.69. The Balaban J connectivity index is 0.000000425. The molecule has 0 radical (unpaired) electrons. The maximum Gasteiger partial charge on any atom is 0.315 e. The third-order valence-corrected chi connectivity index (χ3v) is 17.5. The molecule has 3 heterocycles. The number of nitrogens with one attached hydrogen (secondary N) is 3. The van der Waals surface area contributed by atoms with E-state index in [9.17, 15) is 47.9 Å². The van der Waals surface area contributed by atoms with Crippen molar-refractivity contribution >= 4 is 59.2 Å². The number of aliphatic imine (C=N–C) groups is 1. The number of carbonyl (C=O) groups excluding carboxylic acids is 10. The molecule has 0 bridgehead atoms. The molecular weight excluding hydrogens is 921 g/mol. The summed E-state index contributed by atoms with van der Waals surface area (Å²) < 4.78 is 0. The summed E-state index contributed by atoms with van der Waals surface area (Å²) in [7, 11) is 0. The third-order valence-electron chi connectivity index (χ3n) is 17.5. The van der Waals surface area contributed by atoms with Crippen molar-refractivity contribution in [3.05, 3.63) is 0 Å². The Hall–Kier alpha value is -4.99. The summed E-state index contributed by atoms with van der Waals surface area (Å²) in [5, 5.41) is 8.75. The molecule has 72 heavy (non-hydrogen) atoms. The second-order valence-electron chi connectivity index (χ2n) is 27.4. The van der Waals surface area contributed by atoms with Gasteiger partial charge in [0.15, 0.2) is 0 Å². The van der Waals surface area contributed by atoms with E-state index in [4.69, 9.17) is 5.73 Å². The smallest absolute Gasteiger partial charge is 0.315 e. The summed E-state index contributed by atoms with van der Waals surface area (Å²) in [6.45, 7) is 29.5. The Labute approximate surface area is 427 Å². The van der Waals surface area contributed by atoms with Crippen molar-refractivity contribution in [2.45, 2.75) is 211 Å². The second-order valence-corrected chi connectivity index (χ2v) is 27.4. The first-order valence-electron chi connectivity index (χ1n) is 26.1. The van der Waals surface area contributed by atoms with E-state index in [2.05, 4.69) is 34.8 Å². The monoisotopic (exact) mass is 1010 g/mol. The first-order valence-corrected chi connectivity index (χ1v) is 26.1. The fourth-order valence-corrected chi connectivity index (χ4v) is 12.2. The highest BCUT2D eigenvalue weighted by Crippen LogP contribution is 2.88. The SMILES string of the molecule is CC1(C)CC(=O)N(C[C@@H](N=C=O)C(C)(C)C)C(=O)C1.CC1(C)CC(=O)N(C[C@@H](NC(=O)N[C@H](C(=O)N2CC3(C[C@H]2C(=O)NC(CC2CCC2)C(=O)C(N)=O)C(C)(C)C32CCC2)C(C)(C)C)C(C)(C)C)C(=O)C1. The van der Waals surface area contributed by atoms with Gasteiger partial charge in [0, 0.05) is 44.2 Å². The van der Waals surface area contributed by atoms with E-state index in [0.29, 0.717) is 32.2 Å². The molecule has 2 spiro atoms. The lowest BCUT2D eigenvalue weighted by molar-refractivity contribution is -0.154. The summed E-state index contributed by atoms with van der Waals surface area (Å²) >= 11 is 0. The maximum absolute atomic E-state index is 14.9. The number of isocyanates is 1. The molecule has 18 heteroatoms. The Kier molecular flexibility index (Phi) is 16.4. The van der Waals surface area contributed by atoms with E-state index in [1.807, 2.05) is 90.0 Å². The zero-order valence-electron chi connectivity index (χ0n) is 46.0. The average molecular weight is 1010 g/mol. The molecule has 3 aliphatic heterocycles. The van der Waals surface area contributed by atoms with Crippen LogP contribution in [0.1, 0.15) is 181 Å². The van der Waals surface area contributed by atoms with Gasteiger partial charge < -0.3 is 26.6 Å². The lowest BCUT2D eigenvalue weighted by Crippen LogP contribution is -2.62. The van der Waals surface area contributed by atoms with Crippen molar-refractivity contribution < 1.29 is 47.9 Å². The minimum absolute atomic E-state index is 0.00109. The number of urea groups is 1. The molecular formula is C54H86N8O10. The zero-order chi connectivity index (χ0) is 54.5. The second kappa shape index (κ2) is 20.4. The number of hydrogen-bond donors (Lipinski definition) is 4. The van der Waals surface area contributed by atoms with E-state index in [1.165, 1.54) is 15.9 Å². The number of imide groups is 2. The number of nitrogens with zero attached hydrogens (tertiary/aromatic N) is 4. The number of fused-ring (bicyclic) bond motifs is 1. The van der Waals surface area contributed by atoms with Crippen LogP contribution in [0.5, 0.6) is 0 Å². The largest absolute Gasteiger partial charge is 0.363 e. The van der Waals surface area contributed by atoms with E-state index >= 15 is 0 Å². The van der Waals surface area contributed by atoms with Crippen LogP contribution in [0.25, 0.3) is 0 Å². The number of ketones is 1. The number of rotatable bonds is 14. The van der Waals surface area contributed by atoms with Crippen LogP contribution < -0.4 is 21.7 Å². The Morgan fingerprint density at radius 2 is 1.19 bits per heavy atom. The fraction of sp³-hybridized carbons (Fsp3) is 0.815. The van der Waals surface area contributed by atoms with Gasteiger partial charge in [0.25, 0.3) is 5.91 Å². The first-order chi connectivity index (χ1) is 32.8. The van der Waals surface area contributed by atoms with E-state index < -0.39 is 76.0 Å². The van der Waals surface area contributed by atoms with E-state index in [1.54, 1.807) is 4.90 Å². The maximum atomic E-state index is 14.9. The van der Waals surface area contributed by atoms with Crippen LogP contribution in [0.3, 0.4) is 0 Å². The molecule has 6 rings (SSSR count). The highest BCUT2D eigenvalue weighted by atomic mass is 16.2. The van der Waals surface area contributed by atoms with Crippen molar-refractivity contribution in [3.8, 4) is 0 Å². The van der Waals surface area contributed by atoms with Crippen LogP contribution >= 0.6 is 0 Å². The molecule has 6 fully saturated rings. The van der Waals surface area contributed by atoms with Gasteiger partial charge in [-0.2, -0.15) is 0 Å². The number of Topliss-reactive ketones (excluding diaryl/α,β-unsaturated/α-hetero) is 1. The standard InChI is InChI=1S/C40H64N6O7.C14H22N2O3/c1-35(2,3)26(21-45-27(47)19-37(7,8)20-28(45)48)43-34(53)44-30(36(4,5)6)33(52)46-22-40(38(9,10)39(40)15-12-16-39)18-25(46)32(51)42-24(29(49)31(41)50)17-23-13-11-14-23;1-13(2,3)10(15-9-17)8-16-11(18)6-14(4,5)7-12(16)19/h23-26,30H,11-22H2,1-10H3,(H2,41,50)(H,42,51)(H2,43,44,53);10H,6-8H2,1-5H3/t24?,25-,26+,30+,40?;10-/m01/s1. The number of primary amides is 1. The predicted molar refractivity (Wildman–Crippen MR) is 270 cm³/mol. The third kappa shape index (κ3) is 12.0. The van der Waals surface area contributed by atoms with Gasteiger partial charge in [0.05, 0.1) is 24.7 Å². The molecule has 0 aromatic rings. The van der Waals surface area contributed by atoms with Gasteiger partial charge >= 0.3 is 6.03 Å². The number of carbonyl (C=O) groups is 9. The summed E-state index contributed by atoms with van der Waals surface area (Å²) in [4.78, 5) is 136. The Morgan fingerprint density at radius 1 is 0.694 bits per heavy atom. The molecule has 3 saturated carbocycles. The molecule has 18 nitrogen and oxygen atoms in total. The molecule has 2 unspecified atom stereocenters. The van der Waals surface area contributed by atoms with Gasteiger partial charge in [-0.25, -0.2) is 14.6 Å². The fourth-order valence-electron chi connectivity index (χ4n) is 12.2. The summed E-state index contributed by atoms with van der Waals surface area (Å²) in [5.41, 5.74) is 2.63. The zero-order valence-corrected chi connectivity index (χ0v) is 46.0. The Morgan fingerprint density at radius 3 is 1.57 bits per heavy atom. The molecule has 6 atom stereocenters. The van der Waals surface area contributed by atoms with Gasteiger partial charge in [-0.15, -0.1) is 0 Å². The topological polar surface area (TPSA) is 255 Å². The molecule has 9 amide bonds. The number of hydrogen-bond acceptors (Lipinski definition) is 11. The lowest BCUT2D eigenvalue weighted by atomic mass is 9.73. The number of piperidine rings is 2. The van der Waals surface area contributed by atoms with Gasteiger partial charge in [-0.3, -0.25) is 48.2 Å². The van der Waals surface area contributed by atoms with Crippen molar-refractivity contribution in [1.29, 1.82) is 0 Å². The van der Waals surface area contributed by atoms with Gasteiger partial charge in [0.1, 0.15) is 12.1 Å². The van der Waals surface area contributed by atoms with Gasteiger partial charge in [-0.1, -0.05) is 130 Å². The summed E-state index contributed by atoms with van der Waals surface area (Å²) in [6.07, 6.45) is 9.38. The van der Waals surface area contributed by atoms with E-state index in [-0.39, 0.29) is 82.6 Å². The average Bonchev–Trinajstić information content (AvgIpc) is 3.38. The minimum Gasteiger partial charge on any atom is -0.363 e. The molecule has 3 aliphatic carbocycles. The van der Waals surface area contributed by atoms with Crippen LogP contribution in [0.15, 0.2) is 4.99 Å². The molecule has 3 saturated heterocycles. The van der Waals surface area contributed by atoms with Crippen molar-refractivity contribution in [3.63, 3.8) is 0 Å². The Bertz CT molecular complexity index is 2200. The van der Waals surface area contributed by atoms with E-state index in [0.717, 1.165) is 38.5 Å². The van der Waals surface area contributed by atoms with Crippen LogP contribution in [0.4, 0.5) is 4.79 Å². The highest BCUT2D eigenvalue weighted by Gasteiger charge is 2.85. The molecule has 6 aliphatic rings. The van der Waals surface area contributed by atoms with Gasteiger partial charge in [0.2, 0.25) is 47.3 Å². The predicted octanol–water partition coefficient (Wildman–Crippen LogP) is 5.73. The number of amides is 9. The molecule has 5 N–H and O–H groups in total. The molecule has 0 aromatic carbocycles. The quantitative estimate of drug-likeness (QED) is 0.0712. The highest BCUT2D eigenvalue weighted by molar-refractivity contribution is 6.37. The lowest BCUT2D eigenvalue weighted by Gasteiger charge is -2.40. The van der Waals surface area contributed by atoms with Crippen molar-refractivity contribution in [1.82, 2.24) is 30.7 Å². The first kappa shape index (κ1) is 57.9. The number of nitrogens with two attached hydrogens (primary N) is 1. The van der Waals surface area contributed by atoms with Crippen LogP contribution in [-0.2, 0) is 43.2 Å². The molecule has 402 valence electrons. The number of likely N-dealkylation sites (tertiary alicyclic amines) is 3. The van der Waals surface area contributed by atoms with Crippen LogP contribution in [-0.4, -0.2) is 124 Å². The normalized spacial score (nSPS) is 25.9. The molecule has 0 aromatic heterocycles. The van der Waals surface area contributed by atoms with Crippen LogP contribution in [0, 0.1) is 49.2 Å². The summed E-state index contributed by atoms with van der Waals surface area (Å²) in [5.74, 6) is -3.56. The van der Waals surface area contributed by atoms with Gasteiger partial charge in [-0.05, 0) is 69.5 Å².